The van der Waals surface area contributed by atoms with Crippen LogP contribution < -0.4 is 5.32 Å². The molecule has 0 spiro atoms. The molecule has 1 aromatic heterocycles. The monoisotopic (exact) mass is 460 g/mol. The lowest BCUT2D eigenvalue weighted by Gasteiger charge is -2.30. The van der Waals surface area contributed by atoms with E-state index in [-0.39, 0.29) is 36.9 Å². The highest BCUT2D eigenvalue weighted by molar-refractivity contribution is 7.12. The van der Waals surface area contributed by atoms with Crippen LogP contribution in [0.4, 0.5) is 9.18 Å². The van der Waals surface area contributed by atoms with E-state index in [2.05, 4.69) is 10.4 Å². The van der Waals surface area contributed by atoms with Crippen molar-refractivity contribution < 1.29 is 18.7 Å². The molecule has 172 valence electrons. The van der Waals surface area contributed by atoms with Crippen molar-refractivity contribution in [3.63, 3.8) is 0 Å². The maximum Gasteiger partial charge on any atom is 0.318 e. The van der Waals surface area contributed by atoms with Crippen molar-refractivity contribution in [1.82, 2.24) is 15.2 Å². The number of nitrogens with one attached hydrogen (secondary N) is 1. The molecule has 2 aromatic rings. The van der Waals surface area contributed by atoms with Gasteiger partial charge in [0.2, 0.25) is 0 Å². The van der Waals surface area contributed by atoms with Crippen LogP contribution in [0.5, 0.6) is 0 Å². The zero-order valence-corrected chi connectivity index (χ0v) is 19.6. The van der Waals surface area contributed by atoms with Gasteiger partial charge in [0.15, 0.2) is 0 Å². The van der Waals surface area contributed by atoms with E-state index in [1.807, 2.05) is 38.3 Å². The number of rotatable bonds is 7. The molecule has 0 bridgehead atoms. The predicted octanol–water partition coefficient (Wildman–Crippen LogP) is 4.02. The molecule has 9 heteroatoms. The number of hydrogen-bond donors (Lipinski definition) is 1. The van der Waals surface area contributed by atoms with Crippen LogP contribution in [-0.2, 0) is 9.53 Å². The van der Waals surface area contributed by atoms with Gasteiger partial charge in [-0.05, 0) is 49.9 Å². The Hall–Kier alpha value is -2.78. The zero-order valence-electron chi connectivity index (χ0n) is 18.8. The fraction of sp³-hybridized carbons (Fsp3) is 0.435. The first kappa shape index (κ1) is 23.9. The van der Waals surface area contributed by atoms with Gasteiger partial charge in [0.25, 0.3) is 5.91 Å². The number of carbonyl (C=O) groups excluding carboxylic acids is 2. The largest absolute Gasteiger partial charge is 0.383 e. The molecule has 0 aliphatic carbocycles. The number of hydrogen-bond acceptors (Lipinski definition) is 5. The standard InChI is InChI=1S/C23H29FN4O3S/c1-23(2,3)25-22(30)27(11-12-31-4)15-21(29)28-19(16-7-9-17(24)10-8-16)14-18(26-28)20-6-5-13-32-20/h5-10,13,19H,11-12,14-15H2,1-4H3,(H,25,30)/t19-/m1/s1. The van der Waals surface area contributed by atoms with Crippen molar-refractivity contribution >= 4 is 29.0 Å². The third kappa shape index (κ3) is 6.14. The zero-order chi connectivity index (χ0) is 23.3. The van der Waals surface area contributed by atoms with Crippen LogP contribution in [-0.4, -0.2) is 59.9 Å². The number of carbonyl (C=O) groups is 2. The fourth-order valence-corrected chi connectivity index (χ4v) is 4.09. The number of halogens is 1. The summed E-state index contributed by atoms with van der Waals surface area (Å²) >= 11 is 1.55. The van der Waals surface area contributed by atoms with Gasteiger partial charge in [0, 0.05) is 25.6 Å². The van der Waals surface area contributed by atoms with Gasteiger partial charge in [0.1, 0.15) is 12.4 Å². The molecule has 2 heterocycles. The van der Waals surface area contributed by atoms with Crippen LogP contribution in [0.3, 0.4) is 0 Å². The summed E-state index contributed by atoms with van der Waals surface area (Å²) in [6, 6.07) is 9.28. The first-order valence-electron chi connectivity index (χ1n) is 10.4. The molecule has 0 unspecified atom stereocenters. The van der Waals surface area contributed by atoms with E-state index < -0.39 is 5.54 Å². The Bertz CT molecular complexity index is 955. The number of nitrogens with zero attached hydrogens (tertiary/aromatic N) is 3. The third-order valence-corrected chi connectivity index (χ3v) is 5.81. The molecule has 0 radical (unpaired) electrons. The Balaban J connectivity index is 1.84. The molecular formula is C23H29FN4O3S. The minimum Gasteiger partial charge on any atom is -0.383 e. The lowest BCUT2D eigenvalue weighted by Crippen LogP contribution is -2.52. The first-order valence-corrected chi connectivity index (χ1v) is 11.3. The van der Waals surface area contributed by atoms with E-state index in [0.717, 1.165) is 16.2 Å². The van der Waals surface area contributed by atoms with Gasteiger partial charge in [-0.2, -0.15) is 5.10 Å². The minimum absolute atomic E-state index is 0.149. The molecule has 7 nitrogen and oxygen atoms in total. The van der Waals surface area contributed by atoms with Crippen LogP contribution in [0.15, 0.2) is 46.9 Å². The van der Waals surface area contributed by atoms with Crippen LogP contribution in [0.2, 0.25) is 0 Å². The van der Waals surface area contributed by atoms with Gasteiger partial charge < -0.3 is 15.0 Å². The topological polar surface area (TPSA) is 74.2 Å². The van der Waals surface area contributed by atoms with E-state index in [0.29, 0.717) is 13.0 Å². The van der Waals surface area contributed by atoms with Crippen molar-refractivity contribution in [3.8, 4) is 0 Å². The second-order valence-corrected chi connectivity index (χ2v) is 9.58. The van der Waals surface area contributed by atoms with Gasteiger partial charge in [-0.25, -0.2) is 14.2 Å². The highest BCUT2D eigenvalue weighted by atomic mass is 32.1. The molecule has 1 N–H and O–H groups in total. The summed E-state index contributed by atoms with van der Waals surface area (Å²) in [6.07, 6.45) is 0.518. The molecule has 1 atom stereocenters. The molecule has 32 heavy (non-hydrogen) atoms. The summed E-state index contributed by atoms with van der Waals surface area (Å²) in [7, 11) is 1.55. The highest BCUT2D eigenvalue weighted by Crippen LogP contribution is 2.34. The van der Waals surface area contributed by atoms with Crippen LogP contribution in [0, 0.1) is 5.82 Å². The summed E-state index contributed by atoms with van der Waals surface area (Å²) in [6.45, 7) is 6.05. The maximum absolute atomic E-state index is 13.5. The van der Waals surface area contributed by atoms with Gasteiger partial charge in [-0.3, -0.25) is 4.79 Å². The average Bonchev–Trinajstić information content (AvgIpc) is 3.40. The SMILES string of the molecule is COCCN(CC(=O)N1N=C(c2cccs2)C[C@@H]1c1ccc(F)cc1)C(=O)NC(C)(C)C. The van der Waals surface area contributed by atoms with Crippen LogP contribution in [0.1, 0.15) is 43.7 Å². The molecule has 0 fully saturated rings. The lowest BCUT2D eigenvalue weighted by molar-refractivity contribution is -0.133. The molecule has 1 aliphatic heterocycles. The van der Waals surface area contributed by atoms with Crippen molar-refractivity contribution in [2.24, 2.45) is 5.10 Å². The number of amides is 3. The predicted molar refractivity (Wildman–Crippen MR) is 123 cm³/mol. The normalized spacial score (nSPS) is 16.1. The van der Waals surface area contributed by atoms with Crippen molar-refractivity contribution in [2.45, 2.75) is 38.8 Å². The van der Waals surface area contributed by atoms with Crippen LogP contribution in [0.25, 0.3) is 0 Å². The second-order valence-electron chi connectivity index (χ2n) is 8.63. The number of hydrazone groups is 1. The molecule has 1 aliphatic rings. The summed E-state index contributed by atoms with van der Waals surface area (Å²) in [5.41, 5.74) is 1.14. The van der Waals surface area contributed by atoms with E-state index in [9.17, 15) is 14.0 Å². The Morgan fingerprint density at radius 1 is 1.28 bits per heavy atom. The fourth-order valence-electron chi connectivity index (χ4n) is 3.37. The molecule has 3 amide bonds. The van der Waals surface area contributed by atoms with Crippen molar-refractivity contribution in [3.05, 3.63) is 58.0 Å². The van der Waals surface area contributed by atoms with Crippen LogP contribution >= 0.6 is 11.3 Å². The summed E-state index contributed by atoms with van der Waals surface area (Å²) < 4.78 is 18.6. The number of thiophene rings is 1. The molecule has 0 saturated carbocycles. The Morgan fingerprint density at radius 2 is 2.00 bits per heavy atom. The van der Waals surface area contributed by atoms with Gasteiger partial charge >= 0.3 is 6.03 Å². The minimum atomic E-state index is -0.444. The third-order valence-electron chi connectivity index (χ3n) is 4.89. The summed E-state index contributed by atoms with van der Waals surface area (Å²) in [5, 5.41) is 10.9. The Kier molecular flexibility index (Phi) is 7.63. The summed E-state index contributed by atoms with van der Waals surface area (Å²) in [5.74, 6) is -0.653. The lowest BCUT2D eigenvalue weighted by atomic mass is 10.0. The van der Waals surface area contributed by atoms with E-state index in [4.69, 9.17) is 4.74 Å². The summed E-state index contributed by atoms with van der Waals surface area (Å²) in [4.78, 5) is 28.5. The molecular weight excluding hydrogens is 431 g/mol. The van der Waals surface area contributed by atoms with Gasteiger partial charge in [-0.1, -0.05) is 18.2 Å². The van der Waals surface area contributed by atoms with Crippen molar-refractivity contribution in [2.75, 3.05) is 26.8 Å². The number of urea groups is 1. The molecule has 3 rings (SSSR count). The quantitative estimate of drug-likeness (QED) is 0.678. The van der Waals surface area contributed by atoms with Gasteiger partial charge in [-0.15, -0.1) is 11.3 Å². The number of ether oxygens (including phenoxy) is 1. The van der Waals surface area contributed by atoms with Crippen molar-refractivity contribution in [1.29, 1.82) is 0 Å². The van der Waals surface area contributed by atoms with E-state index in [1.165, 1.54) is 22.0 Å². The second kappa shape index (κ2) is 10.2. The average molecular weight is 461 g/mol. The maximum atomic E-state index is 13.5. The smallest absolute Gasteiger partial charge is 0.318 e. The highest BCUT2D eigenvalue weighted by Gasteiger charge is 2.35. The van der Waals surface area contributed by atoms with E-state index in [1.54, 1.807) is 30.6 Å². The first-order chi connectivity index (χ1) is 15.2. The Labute approximate surface area is 191 Å². The van der Waals surface area contributed by atoms with Gasteiger partial charge in [0.05, 0.1) is 23.2 Å². The molecule has 1 aromatic carbocycles. The van der Waals surface area contributed by atoms with E-state index >= 15 is 0 Å². The Morgan fingerprint density at radius 3 is 2.59 bits per heavy atom. The molecule has 0 saturated heterocycles. The number of benzene rings is 1. The number of methoxy groups -OCH3 is 1.